The molecule has 3 aromatic heterocycles. The van der Waals surface area contributed by atoms with Crippen LogP contribution in [-0.4, -0.2) is 97.9 Å². The molecule has 0 spiro atoms. The summed E-state index contributed by atoms with van der Waals surface area (Å²) < 4.78 is 13.2. The van der Waals surface area contributed by atoms with Gasteiger partial charge in [-0.2, -0.15) is 0 Å². The van der Waals surface area contributed by atoms with Crippen molar-refractivity contribution in [3.8, 4) is 27.3 Å². The number of esters is 1. The van der Waals surface area contributed by atoms with Gasteiger partial charge in [-0.25, -0.2) is 19.7 Å². The zero-order chi connectivity index (χ0) is 58.0. The Morgan fingerprint density at radius 3 is 2.30 bits per heavy atom. The van der Waals surface area contributed by atoms with Crippen molar-refractivity contribution in [2.45, 2.75) is 130 Å². The van der Waals surface area contributed by atoms with Gasteiger partial charge in [-0.05, 0) is 134 Å². The van der Waals surface area contributed by atoms with E-state index in [2.05, 4.69) is 25.9 Å². The third kappa shape index (κ3) is 12.7. The number of carboxylic acid groups (broad SMARTS) is 1. The molecular formula is C63H68N8O9S2. The van der Waals surface area contributed by atoms with Gasteiger partial charge < -0.3 is 35.0 Å². The predicted octanol–water partition coefficient (Wildman–Crippen LogP) is 10.9. The number of pyridine rings is 1. The molecule has 10 rings (SSSR count). The number of nitrogens with one attached hydrogen (secondary N) is 3. The first kappa shape index (κ1) is 57.2. The molecule has 5 heterocycles. The van der Waals surface area contributed by atoms with Crippen molar-refractivity contribution in [2.24, 2.45) is 11.3 Å². The van der Waals surface area contributed by atoms with Crippen molar-refractivity contribution in [1.82, 2.24) is 30.5 Å². The molecule has 17 nitrogen and oxygen atoms in total. The Labute approximate surface area is 484 Å². The number of carbonyl (C=O) groups is 6. The van der Waals surface area contributed by atoms with Gasteiger partial charge >= 0.3 is 11.9 Å². The van der Waals surface area contributed by atoms with Crippen LogP contribution in [0.1, 0.15) is 128 Å². The molecule has 4 amide bonds. The number of anilines is 2. The topological polar surface area (TPSA) is 222 Å². The van der Waals surface area contributed by atoms with Gasteiger partial charge in [-0.1, -0.05) is 92.8 Å². The lowest BCUT2D eigenvalue weighted by Gasteiger charge is -2.36. The average molecular weight is 1150 g/mol. The second-order valence-electron chi connectivity index (χ2n) is 22.8. The summed E-state index contributed by atoms with van der Waals surface area (Å²) in [7, 11) is 0. The number of aromatic nitrogens is 3. The number of aryl methyl sites for hydroxylation is 1. The fourth-order valence-corrected chi connectivity index (χ4v) is 13.2. The van der Waals surface area contributed by atoms with Crippen LogP contribution in [0.2, 0.25) is 0 Å². The number of benzene rings is 4. The van der Waals surface area contributed by atoms with E-state index in [1.807, 2.05) is 137 Å². The van der Waals surface area contributed by atoms with Crippen LogP contribution in [0.4, 0.5) is 10.9 Å². The minimum absolute atomic E-state index is 0.0133. The molecule has 7 aromatic rings. The number of para-hydroxylation sites is 1. The molecule has 3 aliphatic rings. The minimum atomic E-state index is -1.17. The Bertz CT molecular complexity index is 3530. The van der Waals surface area contributed by atoms with E-state index in [-0.39, 0.29) is 54.8 Å². The van der Waals surface area contributed by atoms with Gasteiger partial charge in [0.25, 0.3) is 5.91 Å². The summed E-state index contributed by atoms with van der Waals surface area (Å²) in [6, 6.07) is 28.3. The van der Waals surface area contributed by atoms with E-state index in [1.54, 1.807) is 23.5 Å². The van der Waals surface area contributed by atoms with Gasteiger partial charge in [-0.3, -0.25) is 29.3 Å². The maximum Gasteiger partial charge on any atom is 0.355 e. The number of carboxylic acids is 1. The smallest absolute Gasteiger partial charge is 0.355 e. The summed E-state index contributed by atoms with van der Waals surface area (Å²) >= 11 is 2.98. The van der Waals surface area contributed by atoms with Crippen molar-refractivity contribution >= 4 is 79.4 Å². The molecule has 82 heavy (non-hydrogen) atoms. The number of ether oxygens (including phenoxy) is 2. The molecule has 0 unspecified atom stereocenters. The molecule has 19 heteroatoms. The highest BCUT2D eigenvalue weighted by Crippen LogP contribution is 2.38. The number of amides is 4. The Morgan fingerprint density at radius 2 is 1.60 bits per heavy atom. The molecule has 2 fully saturated rings. The number of fused-ring (bicyclic) bond motifs is 2. The van der Waals surface area contributed by atoms with Crippen LogP contribution in [0.3, 0.4) is 0 Å². The molecule has 4 aromatic carbocycles. The maximum absolute atomic E-state index is 14.6. The number of thiazole rings is 2. The molecule has 1 saturated carbocycles. The van der Waals surface area contributed by atoms with Crippen molar-refractivity contribution in [2.75, 3.05) is 23.3 Å². The Balaban J connectivity index is 0.752. The molecule has 0 radical (unpaired) electrons. The summed E-state index contributed by atoms with van der Waals surface area (Å²) in [4.78, 5) is 99.7. The van der Waals surface area contributed by atoms with Gasteiger partial charge in [0.15, 0.2) is 10.8 Å². The van der Waals surface area contributed by atoms with E-state index >= 15 is 0 Å². The Kier molecular flexibility index (Phi) is 16.9. The van der Waals surface area contributed by atoms with E-state index in [4.69, 9.17) is 14.5 Å². The third-order valence-corrected chi connectivity index (χ3v) is 17.9. The molecule has 2 aliphatic heterocycles. The highest BCUT2D eigenvalue weighted by molar-refractivity contribution is 7.22. The van der Waals surface area contributed by atoms with Gasteiger partial charge in [0.2, 0.25) is 17.7 Å². The zero-order valence-electron chi connectivity index (χ0n) is 47.1. The lowest BCUT2D eigenvalue weighted by Crippen LogP contribution is -2.58. The van der Waals surface area contributed by atoms with Crippen LogP contribution in [0.25, 0.3) is 31.8 Å². The molecule has 1 saturated heterocycles. The average Bonchev–Trinajstić information content (AvgIpc) is 4.28. The summed E-state index contributed by atoms with van der Waals surface area (Å²) in [6.07, 6.45) is 2.90. The lowest BCUT2D eigenvalue weighted by molar-refractivity contribution is -0.147. The number of hydrogen-bond donors (Lipinski definition) is 4. The highest BCUT2D eigenvalue weighted by atomic mass is 32.1. The van der Waals surface area contributed by atoms with E-state index in [1.165, 1.54) is 23.2 Å². The first-order valence-corrected chi connectivity index (χ1v) is 29.6. The fourth-order valence-electron chi connectivity index (χ4n) is 11.6. The van der Waals surface area contributed by atoms with Crippen LogP contribution in [0.5, 0.6) is 5.75 Å². The quantitative estimate of drug-likeness (QED) is 0.0662. The van der Waals surface area contributed by atoms with Crippen molar-refractivity contribution in [1.29, 1.82) is 0 Å². The molecule has 1 aliphatic carbocycles. The number of hydrogen-bond acceptors (Lipinski definition) is 14. The second-order valence-corrected chi connectivity index (χ2v) is 24.7. The van der Waals surface area contributed by atoms with Crippen molar-refractivity contribution in [3.63, 3.8) is 0 Å². The van der Waals surface area contributed by atoms with Crippen LogP contribution >= 0.6 is 22.7 Å². The number of rotatable bonds is 16. The Morgan fingerprint density at radius 1 is 0.841 bits per heavy atom. The van der Waals surface area contributed by atoms with Gasteiger partial charge in [0.05, 0.1) is 45.0 Å². The number of likely N-dealkylation sites (tertiary alicyclic amines) is 1. The van der Waals surface area contributed by atoms with Crippen LogP contribution in [0, 0.1) is 25.2 Å². The van der Waals surface area contributed by atoms with Crippen LogP contribution < -0.4 is 25.6 Å². The predicted molar refractivity (Wildman–Crippen MR) is 317 cm³/mol. The SMILES string of the molecule is CC(=O)O[C@@H]1C[C@@H](C(=O)N[C@@H](C)c2ccc(-c3scnc3C)cc2)N(C(=O)[C@@H](NC(=O)CC2CCC(Oc3cccc(-c4ccc(N5CCc6cccc(C(=O)Nc7nc8ccccc8s7)c6C5)nc4C(=O)O)c3C)CC2)C(C)(C)C)C1. The number of nitrogens with zero attached hydrogens (tertiary/aromatic N) is 5. The fraction of sp³-hybridized carbons (Fsp3) is 0.381. The van der Waals surface area contributed by atoms with E-state index in [0.717, 1.165) is 48.6 Å². The Hall–Kier alpha value is -8.03. The number of aromatic carboxylic acids is 1. The monoisotopic (exact) mass is 1140 g/mol. The first-order valence-electron chi connectivity index (χ1n) is 27.9. The molecule has 426 valence electrons. The molecule has 4 N–H and O–H groups in total. The summed E-state index contributed by atoms with van der Waals surface area (Å²) in [5.74, 6) is -1.85. The van der Waals surface area contributed by atoms with Gasteiger partial charge in [-0.15, -0.1) is 11.3 Å². The zero-order valence-corrected chi connectivity index (χ0v) is 48.7. The number of carbonyl (C=O) groups excluding carboxylic acids is 5. The van der Waals surface area contributed by atoms with E-state index in [9.17, 15) is 33.9 Å². The molecule has 0 bridgehead atoms. The van der Waals surface area contributed by atoms with Crippen LogP contribution in [0.15, 0.2) is 103 Å². The second kappa shape index (κ2) is 24.2. The largest absolute Gasteiger partial charge is 0.490 e. The summed E-state index contributed by atoms with van der Waals surface area (Å²) in [5.41, 5.74) is 9.01. The molecule has 4 atom stereocenters. The van der Waals surface area contributed by atoms with E-state index in [0.29, 0.717) is 78.6 Å². The summed E-state index contributed by atoms with van der Waals surface area (Å²) in [5, 5.41) is 20.2. The van der Waals surface area contributed by atoms with Crippen molar-refractivity contribution in [3.05, 3.63) is 142 Å². The first-order chi connectivity index (χ1) is 39.3. The minimum Gasteiger partial charge on any atom is -0.490 e. The maximum atomic E-state index is 14.6. The van der Waals surface area contributed by atoms with Crippen molar-refractivity contribution < 1.29 is 43.3 Å². The molecular weight excluding hydrogens is 1080 g/mol. The normalized spacial score (nSPS) is 18.7. The van der Waals surface area contributed by atoms with Crippen LogP contribution in [-0.2, 0) is 36.9 Å². The third-order valence-electron chi connectivity index (χ3n) is 16.0. The van der Waals surface area contributed by atoms with Gasteiger partial charge in [0.1, 0.15) is 29.8 Å². The van der Waals surface area contributed by atoms with Gasteiger partial charge in [0, 0.05) is 44.0 Å². The summed E-state index contributed by atoms with van der Waals surface area (Å²) in [6.45, 7) is 13.6. The highest BCUT2D eigenvalue weighted by Gasteiger charge is 2.46. The van der Waals surface area contributed by atoms with E-state index < -0.39 is 47.5 Å². The standard InChI is InChI=1S/C63H68N8O9S2/c1-35-45(46-26-27-53(67-55(46)61(77)78)70-29-28-41-12-10-14-47(48(41)33-70)58(74)69-62-66-49-15-8-9-17-52(49)82-62)13-11-16-51(35)80-43-24-18-39(19-25-43)30-54(73)68-57(63(5,6)7)60(76)71-32-44(79-38(4)72)31-50(71)59(75)65-36(2)40-20-22-42(23-21-40)56-37(3)64-34-81-56/h8-17,20-23,26-27,34,36,39,43-44,50,57H,18-19,24-25,28-33H2,1-7H3,(H,65,75)(H,68,73)(H,77,78)(H,66,69,74)/t36-,39?,43?,44+,50-,57+/m0/s1. The lowest BCUT2D eigenvalue weighted by atomic mass is 9.83.